The molecule has 0 spiro atoms. The van der Waals surface area contributed by atoms with E-state index in [2.05, 4.69) is 101 Å². The van der Waals surface area contributed by atoms with Crippen molar-refractivity contribution in [1.29, 1.82) is 0 Å². The minimum Gasteiger partial charge on any atom is -0.396 e. The maximum atomic E-state index is 12.4. The van der Waals surface area contributed by atoms with Crippen molar-refractivity contribution in [2.75, 3.05) is 26.3 Å². The van der Waals surface area contributed by atoms with Gasteiger partial charge in [-0.3, -0.25) is 9.59 Å². The fraction of sp³-hybridized carbons (Fsp3) is 0.429. The third-order valence-electron chi connectivity index (χ3n) is 2.96. The Morgan fingerprint density at radius 2 is 1.00 bits per heavy atom. The Hall–Kier alpha value is 1.000. The van der Waals surface area contributed by atoms with E-state index in [0.29, 0.717) is 37.1 Å². The van der Waals surface area contributed by atoms with Gasteiger partial charge in [0.05, 0.1) is 11.1 Å². The van der Waals surface area contributed by atoms with E-state index in [1.54, 1.807) is 0 Å². The van der Waals surface area contributed by atoms with E-state index in [9.17, 15) is 9.59 Å². The Kier molecular flexibility index (Phi) is 11.2. The van der Waals surface area contributed by atoms with Crippen LogP contribution in [0.15, 0.2) is 0 Å². The number of halogens is 4. The molecule has 1 rings (SSSR count). The summed E-state index contributed by atoms with van der Waals surface area (Å²) in [6.45, 7) is 0.850. The van der Waals surface area contributed by atoms with Crippen LogP contribution in [0.5, 0.6) is 0 Å². The Morgan fingerprint density at radius 1 is 0.708 bits per heavy atom. The van der Waals surface area contributed by atoms with E-state index in [0.717, 1.165) is 14.3 Å². The van der Waals surface area contributed by atoms with Crippen molar-refractivity contribution >= 4 is 102 Å². The number of hydrogen-bond acceptors (Lipinski definition) is 4. The molecule has 10 heteroatoms. The van der Waals surface area contributed by atoms with Crippen molar-refractivity contribution in [2.45, 2.75) is 12.8 Å². The van der Waals surface area contributed by atoms with Crippen LogP contribution in [-0.2, 0) is 0 Å². The molecule has 6 nitrogen and oxygen atoms in total. The van der Waals surface area contributed by atoms with E-state index in [-0.39, 0.29) is 25.0 Å². The van der Waals surface area contributed by atoms with E-state index in [4.69, 9.17) is 10.2 Å². The molecular formula is C14H16I4N2O4. The molecule has 2 amide bonds. The zero-order valence-corrected chi connectivity index (χ0v) is 21.1. The summed E-state index contributed by atoms with van der Waals surface area (Å²) in [5.41, 5.74) is 1.10. The average molecular weight is 784 g/mol. The Balaban J connectivity index is 3.16. The first-order valence-corrected chi connectivity index (χ1v) is 11.3. The average Bonchev–Trinajstić information content (AvgIpc) is 2.54. The number of hydrogen-bond donors (Lipinski definition) is 4. The quantitative estimate of drug-likeness (QED) is 0.185. The van der Waals surface area contributed by atoms with Gasteiger partial charge < -0.3 is 20.8 Å². The number of benzene rings is 1. The largest absolute Gasteiger partial charge is 0.396 e. The van der Waals surface area contributed by atoms with Crippen LogP contribution < -0.4 is 10.6 Å². The lowest BCUT2D eigenvalue weighted by molar-refractivity contribution is 0.0935. The van der Waals surface area contributed by atoms with Gasteiger partial charge in [-0.15, -0.1) is 0 Å². The van der Waals surface area contributed by atoms with Gasteiger partial charge in [-0.1, -0.05) is 0 Å². The minimum atomic E-state index is -0.208. The van der Waals surface area contributed by atoms with Gasteiger partial charge in [0.15, 0.2) is 0 Å². The summed E-state index contributed by atoms with van der Waals surface area (Å²) in [5, 5.41) is 23.2. The Labute approximate surface area is 194 Å². The molecule has 0 unspecified atom stereocenters. The fourth-order valence-electron chi connectivity index (χ4n) is 1.77. The van der Waals surface area contributed by atoms with Gasteiger partial charge in [-0.25, -0.2) is 0 Å². The first-order chi connectivity index (χ1) is 11.4. The van der Waals surface area contributed by atoms with E-state index < -0.39 is 0 Å². The molecule has 1 aromatic carbocycles. The fourth-order valence-corrected chi connectivity index (χ4v) is 5.94. The zero-order valence-electron chi connectivity index (χ0n) is 12.5. The smallest absolute Gasteiger partial charge is 0.253 e. The number of aliphatic hydroxyl groups excluding tert-OH is 2. The van der Waals surface area contributed by atoms with Gasteiger partial charge in [0.2, 0.25) is 0 Å². The molecule has 4 N–H and O–H groups in total. The van der Waals surface area contributed by atoms with Gasteiger partial charge in [-0.2, -0.15) is 0 Å². The molecule has 0 heterocycles. The molecule has 1 aromatic rings. The summed E-state index contributed by atoms with van der Waals surface area (Å²) in [4.78, 5) is 24.8. The number of nitrogens with one attached hydrogen (secondary N) is 2. The molecule has 0 saturated carbocycles. The molecule has 0 aliphatic carbocycles. The van der Waals surface area contributed by atoms with Crippen molar-refractivity contribution in [3.8, 4) is 0 Å². The highest BCUT2D eigenvalue weighted by molar-refractivity contribution is 14.1. The molecule has 0 bridgehead atoms. The van der Waals surface area contributed by atoms with Crippen LogP contribution in [0.25, 0.3) is 0 Å². The van der Waals surface area contributed by atoms with Crippen LogP contribution in [0.3, 0.4) is 0 Å². The van der Waals surface area contributed by atoms with Crippen molar-refractivity contribution in [2.24, 2.45) is 0 Å². The second kappa shape index (κ2) is 11.7. The lowest BCUT2D eigenvalue weighted by atomic mass is 10.1. The summed E-state index contributed by atoms with van der Waals surface area (Å²) in [6, 6.07) is 0. The number of rotatable bonds is 8. The van der Waals surface area contributed by atoms with Crippen molar-refractivity contribution in [1.82, 2.24) is 10.6 Å². The Morgan fingerprint density at radius 3 is 1.25 bits per heavy atom. The normalized spacial score (nSPS) is 10.6. The van der Waals surface area contributed by atoms with E-state index >= 15 is 0 Å². The third kappa shape index (κ3) is 6.02. The zero-order chi connectivity index (χ0) is 18.3. The van der Waals surface area contributed by atoms with Crippen molar-refractivity contribution in [3.05, 3.63) is 25.4 Å². The van der Waals surface area contributed by atoms with Gasteiger partial charge in [0, 0.05) is 40.6 Å². The second-order valence-electron chi connectivity index (χ2n) is 4.67. The predicted octanol–water partition coefficient (Wildman–Crippen LogP) is 2.33. The molecule has 0 aliphatic heterocycles. The SMILES string of the molecule is O=C(NCCCO)c1c(I)c(I)c(C(=O)NCCCO)c(I)c1I. The number of carbonyl (C=O) groups excluding carboxylic acids is 2. The monoisotopic (exact) mass is 784 g/mol. The summed E-state index contributed by atoms with van der Waals surface area (Å²) in [5.74, 6) is -0.416. The van der Waals surface area contributed by atoms with Crippen LogP contribution >= 0.6 is 90.4 Å². The standard InChI is InChI=1S/C14H16I4N2O4/c15-9-7(13(23)19-3-1-5-21)10(16)12(18)8(11(9)17)14(24)20-4-2-6-22/h21-22H,1-6H2,(H,19,23)(H,20,24). The van der Waals surface area contributed by atoms with Gasteiger partial charge in [0.1, 0.15) is 0 Å². The minimum absolute atomic E-state index is 0.0243. The third-order valence-corrected chi connectivity index (χ3v) is 9.34. The summed E-state index contributed by atoms with van der Waals surface area (Å²) in [6.07, 6.45) is 0.997. The van der Waals surface area contributed by atoms with Crippen molar-refractivity contribution in [3.63, 3.8) is 0 Å². The van der Waals surface area contributed by atoms with Crippen molar-refractivity contribution < 1.29 is 19.8 Å². The molecule has 0 fully saturated rings. The topological polar surface area (TPSA) is 98.7 Å². The second-order valence-corrected chi connectivity index (χ2v) is 8.99. The molecule has 0 saturated heterocycles. The van der Waals surface area contributed by atoms with E-state index in [1.165, 1.54) is 0 Å². The van der Waals surface area contributed by atoms with Crippen LogP contribution in [0.4, 0.5) is 0 Å². The van der Waals surface area contributed by atoms with E-state index in [1.807, 2.05) is 0 Å². The molecule has 0 atom stereocenters. The Bertz CT molecular complexity index is 543. The first kappa shape index (κ1) is 23.0. The summed E-state index contributed by atoms with van der Waals surface area (Å²) >= 11 is 8.33. The highest BCUT2D eigenvalue weighted by atomic mass is 127. The predicted molar refractivity (Wildman–Crippen MR) is 125 cm³/mol. The summed E-state index contributed by atoms with van der Waals surface area (Å²) < 4.78 is 2.91. The van der Waals surface area contributed by atoms with Gasteiger partial charge >= 0.3 is 0 Å². The van der Waals surface area contributed by atoms with Crippen LogP contribution in [0.2, 0.25) is 0 Å². The van der Waals surface area contributed by atoms with Crippen LogP contribution in [0.1, 0.15) is 33.6 Å². The van der Waals surface area contributed by atoms with Gasteiger partial charge in [0.25, 0.3) is 11.8 Å². The lowest BCUT2D eigenvalue weighted by Crippen LogP contribution is -2.30. The molecule has 24 heavy (non-hydrogen) atoms. The number of carbonyl (C=O) groups is 2. The maximum Gasteiger partial charge on any atom is 0.253 e. The molecule has 0 radical (unpaired) electrons. The van der Waals surface area contributed by atoms with Gasteiger partial charge in [-0.05, 0) is 103 Å². The highest BCUT2D eigenvalue weighted by Gasteiger charge is 2.26. The van der Waals surface area contributed by atoms with Crippen LogP contribution in [-0.4, -0.2) is 48.3 Å². The maximum absolute atomic E-state index is 12.4. The highest BCUT2D eigenvalue weighted by Crippen LogP contribution is 2.33. The molecular weight excluding hydrogens is 768 g/mol. The molecule has 0 aliphatic rings. The first-order valence-electron chi connectivity index (χ1n) is 7.00. The molecule has 134 valence electrons. The number of aliphatic hydroxyl groups is 2. The lowest BCUT2D eigenvalue weighted by Gasteiger charge is -2.16. The summed E-state index contributed by atoms with van der Waals surface area (Å²) in [7, 11) is 0. The number of amides is 2. The van der Waals surface area contributed by atoms with Crippen LogP contribution in [0, 0.1) is 14.3 Å². The molecule has 0 aromatic heterocycles.